The third kappa shape index (κ3) is 6.88. The highest BCUT2D eigenvalue weighted by Crippen LogP contribution is 2.45. The number of nitrogens with two attached hydrogens (primary N) is 1. The number of aromatic nitrogens is 11. The van der Waals surface area contributed by atoms with E-state index in [-0.39, 0.29) is 24.1 Å². The van der Waals surface area contributed by atoms with E-state index in [0.717, 1.165) is 150 Å². The van der Waals surface area contributed by atoms with Crippen molar-refractivity contribution in [2.45, 2.75) is 63.6 Å². The van der Waals surface area contributed by atoms with Crippen molar-refractivity contribution in [2.24, 2.45) is 0 Å². The Morgan fingerprint density at radius 3 is 1.65 bits per heavy atom. The molecule has 2 N–H and O–H groups in total. The monoisotopic (exact) mass is 960 g/mol. The van der Waals surface area contributed by atoms with Crippen LogP contribution in [0.5, 0.6) is 0 Å². The molecule has 0 radical (unpaired) electrons. The molecule has 0 aliphatic carbocycles. The van der Waals surface area contributed by atoms with Crippen molar-refractivity contribution < 1.29 is 0 Å². The molecule has 3 atom stereocenters. The van der Waals surface area contributed by atoms with E-state index in [0.29, 0.717) is 0 Å². The zero-order valence-corrected chi connectivity index (χ0v) is 40.6. The first-order valence-corrected chi connectivity index (χ1v) is 25.6. The van der Waals surface area contributed by atoms with Crippen molar-refractivity contribution in [3.63, 3.8) is 0 Å². The third-order valence-electron chi connectivity index (χ3n) is 15.8. The summed E-state index contributed by atoms with van der Waals surface area (Å²) in [6, 6.07) is 47.3. The fourth-order valence-electron chi connectivity index (χ4n) is 12.4. The zero-order chi connectivity index (χ0) is 49.0. The molecule has 12 nitrogen and oxygen atoms in total. The van der Waals surface area contributed by atoms with Crippen LogP contribution in [0.3, 0.4) is 0 Å². The summed E-state index contributed by atoms with van der Waals surface area (Å²) < 4.78 is 7.39. The Kier molecular flexibility index (Phi) is 9.60. The third-order valence-corrected chi connectivity index (χ3v) is 15.8. The van der Waals surface area contributed by atoms with Gasteiger partial charge in [0, 0.05) is 84.3 Å². The Hall–Kier alpha value is -9.16. The first kappa shape index (κ1) is 42.5. The fraction of sp³-hybridized carbons (Fsp3) is 0.161. The van der Waals surface area contributed by atoms with Gasteiger partial charge < -0.3 is 19.4 Å². The Labute approximate surface area is 426 Å². The van der Waals surface area contributed by atoms with E-state index >= 15 is 0 Å². The first-order chi connectivity index (χ1) is 36.5. The van der Waals surface area contributed by atoms with Gasteiger partial charge in [-0.3, -0.25) is 4.98 Å². The number of aryl methyl sites for hydroxylation is 4. The van der Waals surface area contributed by atoms with Gasteiger partial charge in [0.2, 0.25) is 5.95 Å². The van der Waals surface area contributed by atoms with Crippen LogP contribution in [0.25, 0.3) is 88.7 Å². The molecule has 0 saturated heterocycles. The van der Waals surface area contributed by atoms with Gasteiger partial charge in [0.25, 0.3) is 0 Å². The molecule has 0 saturated carbocycles. The maximum atomic E-state index is 5.99. The predicted molar refractivity (Wildman–Crippen MR) is 290 cm³/mol. The number of hydrogen-bond donors (Lipinski definition) is 1. The van der Waals surface area contributed by atoms with Crippen molar-refractivity contribution >= 4 is 39.0 Å². The van der Waals surface area contributed by atoms with E-state index < -0.39 is 0 Å². The molecule has 356 valence electrons. The molecule has 3 aliphatic rings. The van der Waals surface area contributed by atoms with Crippen LogP contribution in [0, 0.1) is 6.92 Å². The van der Waals surface area contributed by atoms with E-state index in [1.807, 2.05) is 37.2 Å². The SMILES string of the molecule is Cc1cncc(-c2ccc3nc4n(c3c2)C(c2ccc(-c3cc(-c5cncnc5)cc5c3nc3n5C(c5cccc(-c6cc(-c7cnc(N)nc7)cc7c6nc6n7C(c7ccccc7)CC6)c5)CC3)cc2)CC4)c1. The molecular formula is C62H48N12. The first-order valence-electron chi connectivity index (χ1n) is 25.6. The lowest BCUT2D eigenvalue weighted by Gasteiger charge is -2.19. The maximum absolute atomic E-state index is 5.99. The number of nitrogens with zero attached hydrogens (tertiary/aromatic N) is 11. The van der Waals surface area contributed by atoms with Crippen molar-refractivity contribution in [1.29, 1.82) is 0 Å². The largest absolute Gasteiger partial charge is 0.368 e. The van der Waals surface area contributed by atoms with Crippen LogP contribution in [-0.2, 0) is 19.3 Å². The summed E-state index contributed by atoms with van der Waals surface area (Å²) in [4.78, 5) is 38.1. The highest BCUT2D eigenvalue weighted by molar-refractivity contribution is 5.98. The number of benzene rings is 6. The minimum absolute atomic E-state index is 0.0651. The molecule has 0 bridgehead atoms. The predicted octanol–water partition coefficient (Wildman–Crippen LogP) is 12.5. The van der Waals surface area contributed by atoms with Crippen molar-refractivity contribution in [1.82, 2.24) is 53.6 Å². The molecule has 15 rings (SSSR count). The van der Waals surface area contributed by atoms with Crippen molar-refractivity contribution in [3.05, 3.63) is 211 Å². The Morgan fingerprint density at radius 1 is 0.419 bits per heavy atom. The van der Waals surface area contributed by atoms with Gasteiger partial charge in [0.15, 0.2) is 0 Å². The number of hydrogen-bond acceptors (Lipinski definition) is 9. The highest BCUT2D eigenvalue weighted by atomic mass is 15.2. The molecule has 0 amide bonds. The van der Waals surface area contributed by atoms with Crippen LogP contribution < -0.4 is 5.73 Å². The summed E-state index contributed by atoms with van der Waals surface area (Å²) in [5.74, 6) is 3.59. The molecule has 6 aromatic heterocycles. The van der Waals surface area contributed by atoms with Crippen LogP contribution in [-0.4, -0.2) is 53.6 Å². The van der Waals surface area contributed by atoms with E-state index in [4.69, 9.17) is 20.7 Å². The van der Waals surface area contributed by atoms with Gasteiger partial charge in [-0.05, 0) is 125 Å². The smallest absolute Gasteiger partial charge is 0.219 e. The van der Waals surface area contributed by atoms with Crippen molar-refractivity contribution in [3.8, 4) is 55.6 Å². The van der Waals surface area contributed by atoms with Crippen LogP contribution in [0.1, 0.15) is 77.1 Å². The zero-order valence-electron chi connectivity index (χ0n) is 40.6. The number of anilines is 1. The molecule has 12 heteroatoms. The lowest BCUT2D eigenvalue weighted by molar-refractivity contribution is 0.637. The number of rotatable bonds is 8. The average Bonchev–Trinajstić information content (AvgIpc) is 4.35. The van der Waals surface area contributed by atoms with Crippen LogP contribution in [0.15, 0.2) is 171 Å². The second-order valence-electron chi connectivity index (χ2n) is 20.2. The fourth-order valence-corrected chi connectivity index (χ4v) is 12.4. The topological polar surface area (TPSA) is 144 Å². The minimum Gasteiger partial charge on any atom is -0.368 e. The molecule has 74 heavy (non-hydrogen) atoms. The van der Waals surface area contributed by atoms with Gasteiger partial charge in [0.1, 0.15) is 23.8 Å². The van der Waals surface area contributed by atoms with E-state index in [9.17, 15) is 0 Å². The second-order valence-corrected chi connectivity index (χ2v) is 20.2. The van der Waals surface area contributed by atoms with Gasteiger partial charge in [-0.15, -0.1) is 0 Å². The lowest BCUT2D eigenvalue weighted by Crippen LogP contribution is -2.06. The summed E-state index contributed by atoms with van der Waals surface area (Å²) >= 11 is 0. The van der Waals surface area contributed by atoms with E-state index in [2.05, 4.69) is 173 Å². The van der Waals surface area contributed by atoms with Gasteiger partial charge in [-0.1, -0.05) is 78.9 Å². The number of fused-ring (bicyclic) bond motifs is 9. The molecule has 0 fully saturated rings. The Morgan fingerprint density at radius 2 is 0.973 bits per heavy atom. The van der Waals surface area contributed by atoms with Gasteiger partial charge in [-0.2, -0.15) is 0 Å². The standard InChI is InChI=1S/C62H48N12/c1-36-22-45(30-64-29-36)40-14-15-50-54(26-40)72-52(16-19-57(72)69-50)39-12-10-37(11-13-39)48-24-43(46-31-65-35-66-32-46)27-55-60(48)70-59-21-18-53(74(55)59)42-9-5-8-41(23-42)49-25-44(47-33-67-62(63)68-34-47)28-56-61(49)71-58-20-17-51(73(56)58)38-6-3-2-4-7-38/h2-15,22-35,51-53H,16-21H2,1H3,(H2,63,67,68). The van der Waals surface area contributed by atoms with Crippen LogP contribution >= 0.6 is 0 Å². The van der Waals surface area contributed by atoms with Crippen LogP contribution in [0.4, 0.5) is 5.95 Å². The summed E-state index contributed by atoms with van der Waals surface area (Å²) in [5.41, 5.74) is 27.9. The summed E-state index contributed by atoms with van der Waals surface area (Å²) in [6.07, 6.45) is 18.5. The van der Waals surface area contributed by atoms with Gasteiger partial charge in [-0.25, -0.2) is 34.9 Å². The maximum Gasteiger partial charge on any atom is 0.219 e. The summed E-state index contributed by atoms with van der Waals surface area (Å²) in [5, 5.41) is 0. The average molecular weight is 961 g/mol. The Bertz CT molecular complexity index is 4180. The van der Waals surface area contributed by atoms with Crippen LogP contribution in [0.2, 0.25) is 0 Å². The molecule has 0 spiro atoms. The Balaban J connectivity index is 0.819. The molecular weight excluding hydrogens is 913 g/mol. The summed E-state index contributed by atoms with van der Waals surface area (Å²) in [7, 11) is 0. The quantitative estimate of drug-likeness (QED) is 0.157. The normalized spacial score (nSPS) is 16.9. The second kappa shape index (κ2) is 16.7. The lowest BCUT2D eigenvalue weighted by atomic mass is 9.94. The summed E-state index contributed by atoms with van der Waals surface area (Å²) in [6.45, 7) is 2.09. The molecule has 6 aromatic carbocycles. The number of imidazole rings is 3. The minimum atomic E-state index is 0.0651. The number of nitrogen functional groups attached to an aromatic ring is 1. The van der Waals surface area contributed by atoms with Gasteiger partial charge in [0.05, 0.1) is 51.2 Å². The van der Waals surface area contributed by atoms with Crippen molar-refractivity contribution in [2.75, 3.05) is 5.73 Å². The van der Waals surface area contributed by atoms with E-state index in [1.165, 1.54) is 16.7 Å². The molecule has 9 heterocycles. The molecule has 3 unspecified atom stereocenters. The number of pyridine rings is 1. The molecule has 12 aromatic rings. The van der Waals surface area contributed by atoms with Gasteiger partial charge >= 0.3 is 0 Å². The van der Waals surface area contributed by atoms with E-state index in [1.54, 1.807) is 6.33 Å². The molecule has 3 aliphatic heterocycles. The highest BCUT2D eigenvalue weighted by Gasteiger charge is 2.32.